The summed E-state index contributed by atoms with van der Waals surface area (Å²) in [6, 6.07) is 3.75. The highest BCUT2D eigenvalue weighted by atomic mass is 32.1. The number of piperidine rings is 1. The summed E-state index contributed by atoms with van der Waals surface area (Å²) in [5, 5.41) is 9.61. The van der Waals surface area contributed by atoms with Gasteiger partial charge in [-0.2, -0.15) is 5.10 Å². The number of carbonyl (C=O) groups is 2. The van der Waals surface area contributed by atoms with E-state index in [1.807, 2.05) is 29.5 Å². The van der Waals surface area contributed by atoms with Gasteiger partial charge in [0.2, 0.25) is 0 Å². The second kappa shape index (κ2) is 7.23. The normalized spacial score (nSPS) is 19.9. The number of carbonyl (C=O) groups excluding carboxylic acids is 2. The van der Waals surface area contributed by atoms with Crippen LogP contribution in [0.4, 0.5) is 0 Å². The molecule has 4 rings (SSSR count). The van der Waals surface area contributed by atoms with E-state index < -0.39 is 0 Å². The van der Waals surface area contributed by atoms with Gasteiger partial charge < -0.3 is 10.2 Å². The first-order chi connectivity index (χ1) is 12.6. The van der Waals surface area contributed by atoms with E-state index in [1.165, 1.54) is 11.3 Å². The molecule has 2 aliphatic rings. The monoisotopic (exact) mass is 372 g/mol. The van der Waals surface area contributed by atoms with Gasteiger partial charge in [-0.05, 0) is 50.0 Å². The van der Waals surface area contributed by atoms with Crippen LogP contribution in [0.3, 0.4) is 0 Å². The predicted molar refractivity (Wildman–Crippen MR) is 101 cm³/mol. The van der Waals surface area contributed by atoms with Crippen molar-refractivity contribution in [1.29, 1.82) is 0 Å². The van der Waals surface area contributed by atoms with Crippen molar-refractivity contribution in [3.63, 3.8) is 0 Å². The van der Waals surface area contributed by atoms with E-state index in [9.17, 15) is 9.59 Å². The summed E-state index contributed by atoms with van der Waals surface area (Å²) in [6.45, 7) is 1.33. The zero-order valence-corrected chi connectivity index (χ0v) is 15.8. The third kappa shape index (κ3) is 3.28. The maximum Gasteiger partial charge on any atom is 0.270 e. The van der Waals surface area contributed by atoms with E-state index in [2.05, 4.69) is 10.4 Å². The molecule has 1 atom stereocenters. The van der Waals surface area contributed by atoms with Crippen LogP contribution in [0.2, 0.25) is 0 Å². The Kier molecular flexibility index (Phi) is 4.80. The number of hydrogen-bond donors (Lipinski definition) is 1. The topological polar surface area (TPSA) is 67.2 Å². The minimum Gasteiger partial charge on any atom is -0.346 e. The lowest BCUT2D eigenvalue weighted by molar-refractivity contribution is 0.0679. The molecule has 1 aliphatic carbocycles. The number of nitrogens with zero attached hydrogens (tertiary/aromatic N) is 3. The molecule has 1 fully saturated rings. The molecule has 2 amide bonds. The summed E-state index contributed by atoms with van der Waals surface area (Å²) in [7, 11) is 1.85. The van der Waals surface area contributed by atoms with Gasteiger partial charge in [0.05, 0.1) is 10.6 Å². The summed E-state index contributed by atoms with van der Waals surface area (Å²) in [6.07, 6.45) is 5.97. The van der Waals surface area contributed by atoms with Crippen LogP contribution in [0.5, 0.6) is 0 Å². The van der Waals surface area contributed by atoms with E-state index in [-0.39, 0.29) is 17.9 Å². The molecule has 1 saturated heterocycles. The number of aromatic nitrogens is 2. The number of aryl methyl sites for hydroxylation is 2. The van der Waals surface area contributed by atoms with Gasteiger partial charge in [0.15, 0.2) is 0 Å². The Morgan fingerprint density at radius 3 is 2.92 bits per heavy atom. The van der Waals surface area contributed by atoms with Crippen molar-refractivity contribution in [2.75, 3.05) is 13.1 Å². The Bertz CT molecular complexity index is 812. The molecule has 2 aromatic rings. The summed E-state index contributed by atoms with van der Waals surface area (Å²) >= 11 is 1.47. The van der Waals surface area contributed by atoms with Crippen LogP contribution in [0, 0.1) is 0 Å². The number of fused-ring (bicyclic) bond motifs is 1. The standard InChI is InChI=1S/C19H24N4O2S/c1-22-17(14-7-2-3-8-15(14)21-22)18(24)20-13-6-4-10-23(12-13)19(25)16-9-5-11-26-16/h5,9,11,13H,2-4,6-8,10,12H2,1H3,(H,20,24). The second-order valence-corrected chi connectivity index (χ2v) is 8.09. The van der Waals surface area contributed by atoms with Gasteiger partial charge in [-0.25, -0.2) is 0 Å². The van der Waals surface area contributed by atoms with Crippen molar-refractivity contribution in [2.24, 2.45) is 7.05 Å². The van der Waals surface area contributed by atoms with E-state index in [0.29, 0.717) is 12.2 Å². The first kappa shape index (κ1) is 17.3. The molecule has 2 aromatic heterocycles. The van der Waals surface area contributed by atoms with Gasteiger partial charge in [-0.3, -0.25) is 14.3 Å². The van der Waals surface area contributed by atoms with Crippen molar-refractivity contribution in [1.82, 2.24) is 20.0 Å². The van der Waals surface area contributed by atoms with Crippen molar-refractivity contribution >= 4 is 23.2 Å². The summed E-state index contributed by atoms with van der Waals surface area (Å²) in [5.41, 5.74) is 2.88. The third-order valence-corrected chi connectivity index (χ3v) is 6.17. The first-order valence-corrected chi connectivity index (χ1v) is 10.2. The lowest BCUT2D eigenvalue weighted by atomic mass is 9.95. The number of amides is 2. The SMILES string of the molecule is Cn1nc2c(c1C(=O)NC1CCCN(C(=O)c3cccs3)C1)CCCC2. The fraction of sp³-hybridized carbons (Fsp3) is 0.526. The molecule has 138 valence electrons. The average molecular weight is 372 g/mol. The Balaban J connectivity index is 1.45. The van der Waals surface area contributed by atoms with Crippen LogP contribution in [0.25, 0.3) is 0 Å². The maximum absolute atomic E-state index is 12.9. The number of hydrogen-bond acceptors (Lipinski definition) is 4. The number of rotatable bonds is 3. The first-order valence-electron chi connectivity index (χ1n) is 9.32. The van der Waals surface area contributed by atoms with E-state index in [0.717, 1.165) is 61.2 Å². The second-order valence-electron chi connectivity index (χ2n) is 7.15. The van der Waals surface area contributed by atoms with Gasteiger partial charge in [-0.15, -0.1) is 11.3 Å². The van der Waals surface area contributed by atoms with Crippen molar-refractivity contribution in [3.8, 4) is 0 Å². The zero-order chi connectivity index (χ0) is 18.1. The van der Waals surface area contributed by atoms with E-state index in [1.54, 1.807) is 4.68 Å². The molecule has 0 saturated carbocycles. The van der Waals surface area contributed by atoms with Crippen LogP contribution >= 0.6 is 11.3 Å². The number of thiophene rings is 1. The van der Waals surface area contributed by atoms with Crippen molar-refractivity contribution < 1.29 is 9.59 Å². The molecule has 0 spiro atoms. The zero-order valence-electron chi connectivity index (χ0n) is 15.0. The van der Waals surface area contributed by atoms with Gasteiger partial charge in [0.25, 0.3) is 11.8 Å². The molecular formula is C19H24N4O2S. The largest absolute Gasteiger partial charge is 0.346 e. The number of nitrogens with one attached hydrogen (secondary N) is 1. The molecule has 7 heteroatoms. The maximum atomic E-state index is 12.9. The Morgan fingerprint density at radius 1 is 1.27 bits per heavy atom. The fourth-order valence-electron chi connectivity index (χ4n) is 4.05. The Morgan fingerprint density at radius 2 is 2.12 bits per heavy atom. The van der Waals surface area contributed by atoms with Crippen LogP contribution in [0.15, 0.2) is 17.5 Å². The van der Waals surface area contributed by atoms with Gasteiger partial charge in [0.1, 0.15) is 5.69 Å². The summed E-state index contributed by atoms with van der Waals surface area (Å²) in [5.74, 6) is 0.00966. The molecule has 1 unspecified atom stereocenters. The molecule has 0 aromatic carbocycles. The highest BCUT2D eigenvalue weighted by Gasteiger charge is 2.29. The molecule has 0 radical (unpaired) electrons. The van der Waals surface area contributed by atoms with Crippen LogP contribution < -0.4 is 5.32 Å². The fourth-order valence-corrected chi connectivity index (χ4v) is 4.75. The molecule has 26 heavy (non-hydrogen) atoms. The van der Waals surface area contributed by atoms with Crippen LogP contribution in [0.1, 0.15) is 57.1 Å². The lowest BCUT2D eigenvalue weighted by Crippen LogP contribution is -2.49. The Hall–Kier alpha value is -2.15. The molecule has 0 bridgehead atoms. The van der Waals surface area contributed by atoms with E-state index >= 15 is 0 Å². The minimum absolute atomic E-state index is 0.00528. The van der Waals surface area contributed by atoms with Crippen LogP contribution in [-0.4, -0.2) is 45.6 Å². The van der Waals surface area contributed by atoms with E-state index in [4.69, 9.17) is 0 Å². The highest BCUT2D eigenvalue weighted by Crippen LogP contribution is 2.24. The number of likely N-dealkylation sites (tertiary alicyclic amines) is 1. The van der Waals surface area contributed by atoms with Crippen molar-refractivity contribution in [2.45, 2.75) is 44.6 Å². The summed E-state index contributed by atoms with van der Waals surface area (Å²) < 4.78 is 1.72. The molecule has 1 aliphatic heterocycles. The Labute approximate surface area is 157 Å². The average Bonchev–Trinajstić information content (AvgIpc) is 3.28. The minimum atomic E-state index is -0.0569. The quantitative estimate of drug-likeness (QED) is 0.900. The van der Waals surface area contributed by atoms with Gasteiger partial charge >= 0.3 is 0 Å². The predicted octanol–water partition coefficient (Wildman–Crippen LogP) is 2.40. The molecule has 3 heterocycles. The van der Waals surface area contributed by atoms with Gasteiger partial charge in [-0.1, -0.05) is 6.07 Å². The molecular weight excluding hydrogens is 348 g/mol. The van der Waals surface area contributed by atoms with Crippen molar-refractivity contribution in [3.05, 3.63) is 39.3 Å². The third-order valence-electron chi connectivity index (χ3n) is 5.31. The summed E-state index contributed by atoms with van der Waals surface area (Å²) in [4.78, 5) is 28.1. The molecule has 6 nitrogen and oxygen atoms in total. The van der Waals surface area contributed by atoms with Gasteiger partial charge in [0, 0.05) is 31.7 Å². The molecule has 1 N–H and O–H groups in total. The highest BCUT2D eigenvalue weighted by molar-refractivity contribution is 7.12. The smallest absolute Gasteiger partial charge is 0.270 e. The lowest BCUT2D eigenvalue weighted by Gasteiger charge is -2.33. The van der Waals surface area contributed by atoms with Crippen LogP contribution in [-0.2, 0) is 19.9 Å².